The molecular formula is C22H25Cl2N5O2S. The van der Waals surface area contributed by atoms with E-state index in [0.29, 0.717) is 61.3 Å². The van der Waals surface area contributed by atoms with Gasteiger partial charge in [-0.1, -0.05) is 23.2 Å². The number of amides is 1. The summed E-state index contributed by atoms with van der Waals surface area (Å²) in [7, 11) is 2.14. The first-order chi connectivity index (χ1) is 15.4. The second-order valence-electron chi connectivity index (χ2n) is 7.80. The summed E-state index contributed by atoms with van der Waals surface area (Å²) in [5, 5.41) is 4.36. The van der Waals surface area contributed by atoms with Gasteiger partial charge in [0.1, 0.15) is 10.6 Å². The van der Waals surface area contributed by atoms with Crippen molar-refractivity contribution in [2.24, 2.45) is 0 Å². The molecule has 1 fully saturated rings. The van der Waals surface area contributed by atoms with Crippen molar-refractivity contribution in [2.75, 3.05) is 32.5 Å². The third-order valence-corrected chi connectivity index (χ3v) is 7.26. The van der Waals surface area contributed by atoms with E-state index in [1.165, 1.54) is 24.2 Å². The zero-order valence-corrected chi connectivity index (χ0v) is 20.3. The standard InChI is InChI=1S/C22H25Cl2N5O2S/c1-3-26-20(30)18-10-14-19(27-22(25)28-21(14)32-18)13-9-17(16(24)11-15(13)23)31-8-6-12-5-4-7-29(12)2/h9-12H,3-8H2,1-2H3,(H,26,30)(H2,25,27,28). The molecule has 1 aromatic carbocycles. The Morgan fingerprint density at radius 2 is 2.12 bits per heavy atom. The van der Waals surface area contributed by atoms with Crippen LogP contribution in [0.25, 0.3) is 21.5 Å². The molecule has 0 radical (unpaired) electrons. The molecule has 3 N–H and O–H groups in total. The Morgan fingerprint density at radius 3 is 2.84 bits per heavy atom. The Hall–Kier alpha value is -2.13. The van der Waals surface area contributed by atoms with Gasteiger partial charge in [0.25, 0.3) is 5.91 Å². The number of nitrogens with two attached hydrogens (primary N) is 1. The Balaban J connectivity index is 1.66. The van der Waals surface area contributed by atoms with Crippen molar-refractivity contribution < 1.29 is 9.53 Å². The van der Waals surface area contributed by atoms with Crippen LogP contribution in [0.2, 0.25) is 10.0 Å². The van der Waals surface area contributed by atoms with Crippen molar-refractivity contribution in [1.29, 1.82) is 0 Å². The first kappa shape index (κ1) is 23.0. The normalized spacial score (nSPS) is 16.6. The van der Waals surface area contributed by atoms with Crippen LogP contribution in [0.4, 0.5) is 5.95 Å². The second-order valence-corrected chi connectivity index (χ2v) is 9.64. The maximum absolute atomic E-state index is 12.3. The number of nitrogen functional groups attached to an aromatic ring is 1. The molecular weight excluding hydrogens is 469 g/mol. The van der Waals surface area contributed by atoms with Crippen molar-refractivity contribution in [3.05, 3.63) is 33.1 Å². The Morgan fingerprint density at radius 1 is 1.31 bits per heavy atom. The summed E-state index contributed by atoms with van der Waals surface area (Å²) < 4.78 is 6.03. The molecule has 7 nitrogen and oxygen atoms in total. The fraction of sp³-hybridized carbons (Fsp3) is 0.409. The van der Waals surface area contributed by atoms with E-state index in [4.69, 9.17) is 33.7 Å². The number of thiophene rings is 1. The molecule has 1 saturated heterocycles. The summed E-state index contributed by atoms with van der Waals surface area (Å²) in [5.74, 6) is 0.480. The third kappa shape index (κ3) is 4.78. The van der Waals surface area contributed by atoms with Gasteiger partial charge in [0.2, 0.25) is 5.95 Å². The molecule has 4 rings (SSSR count). The number of fused-ring (bicyclic) bond motifs is 1. The highest BCUT2D eigenvalue weighted by molar-refractivity contribution is 7.20. The largest absolute Gasteiger partial charge is 0.492 e. The molecule has 10 heteroatoms. The van der Waals surface area contributed by atoms with Gasteiger partial charge in [0, 0.05) is 23.5 Å². The van der Waals surface area contributed by atoms with Crippen molar-refractivity contribution in [1.82, 2.24) is 20.2 Å². The number of carbonyl (C=O) groups is 1. The Bertz CT molecular complexity index is 1150. The van der Waals surface area contributed by atoms with Crippen LogP contribution >= 0.6 is 34.5 Å². The number of anilines is 1. The summed E-state index contributed by atoms with van der Waals surface area (Å²) in [4.78, 5) is 24.6. The molecule has 3 heterocycles. The van der Waals surface area contributed by atoms with Crippen LogP contribution in [0.5, 0.6) is 5.75 Å². The number of hydrogen-bond acceptors (Lipinski definition) is 7. The average Bonchev–Trinajstić information content (AvgIpc) is 3.35. The predicted octanol–water partition coefficient (Wildman–Crippen LogP) is 4.86. The zero-order chi connectivity index (χ0) is 22.8. The maximum Gasteiger partial charge on any atom is 0.261 e. The topological polar surface area (TPSA) is 93.4 Å². The van der Waals surface area contributed by atoms with Gasteiger partial charge >= 0.3 is 0 Å². The van der Waals surface area contributed by atoms with Crippen LogP contribution in [0, 0.1) is 0 Å². The number of likely N-dealkylation sites (tertiary alicyclic amines) is 1. The van der Waals surface area contributed by atoms with Gasteiger partial charge in [-0.15, -0.1) is 11.3 Å². The molecule has 0 bridgehead atoms. The number of aromatic nitrogens is 2. The molecule has 0 spiro atoms. The Labute approximate surface area is 200 Å². The molecule has 2 aromatic heterocycles. The van der Waals surface area contributed by atoms with Gasteiger partial charge in [-0.25, -0.2) is 9.97 Å². The Kier molecular flexibility index (Phi) is 7.05. The first-order valence-corrected chi connectivity index (χ1v) is 12.1. The van der Waals surface area contributed by atoms with Crippen LogP contribution in [0.15, 0.2) is 18.2 Å². The molecule has 0 aliphatic carbocycles. The van der Waals surface area contributed by atoms with E-state index >= 15 is 0 Å². The number of carbonyl (C=O) groups excluding carboxylic acids is 1. The zero-order valence-electron chi connectivity index (χ0n) is 18.0. The molecule has 170 valence electrons. The fourth-order valence-electron chi connectivity index (χ4n) is 3.97. The smallest absolute Gasteiger partial charge is 0.261 e. The number of rotatable bonds is 7. The molecule has 0 saturated carbocycles. The molecule has 1 atom stereocenters. The minimum Gasteiger partial charge on any atom is -0.492 e. The van der Waals surface area contributed by atoms with E-state index in [-0.39, 0.29) is 11.9 Å². The number of nitrogens with zero attached hydrogens (tertiary/aromatic N) is 3. The second kappa shape index (κ2) is 9.79. The predicted molar refractivity (Wildman–Crippen MR) is 131 cm³/mol. The van der Waals surface area contributed by atoms with E-state index in [9.17, 15) is 4.79 Å². The molecule has 1 unspecified atom stereocenters. The molecule has 1 amide bonds. The highest BCUT2D eigenvalue weighted by Crippen LogP contribution is 2.40. The van der Waals surface area contributed by atoms with E-state index in [0.717, 1.165) is 13.0 Å². The summed E-state index contributed by atoms with van der Waals surface area (Å²) >= 11 is 14.2. The minimum atomic E-state index is -0.164. The van der Waals surface area contributed by atoms with Crippen molar-refractivity contribution >= 4 is 56.6 Å². The number of halogens is 2. The summed E-state index contributed by atoms with van der Waals surface area (Å²) in [6.45, 7) is 4.08. The first-order valence-electron chi connectivity index (χ1n) is 10.5. The van der Waals surface area contributed by atoms with Crippen LogP contribution < -0.4 is 15.8 Å². The number of hydrogen-bond donors (Lipinski definition) is 2. The van der Waals surface area contributed by atoms with Gasteiger partial charge in [-0.05, 0) is 58.0 Å². The minimum absolute atomic E-state index is 0.106. The lowest BCUT2D eigenvalue weighted by molar-refractivity contribution is 0.0960. The van der Waals surface area contributed by atoms with Crippen molar-refractivity contribution in [3.8, 4) is 17.0 Å². The van der Waals surface area contributed by atoms with E-state index in [2.05, 4.69) is 27.2 Å². The van der Waals surface area contributed by atoms with Gasteiger partial charge in [0.05, 0.1) is 27.2 Å². The summed E-state index contributed by atoms with van der Waals surface area (Å²) in [6.07, 6.45) is 3.33. The number of benzene rings is 1. The van der Waals surface area contributed by atoms with E-state index < -0.39 is 0 Å². The van der Waals surface area contributed by atoms with Crippen LogP contribution in [-0.4, -0.2) is 53.6 Å². The lowest BCUT2D eigenvalue weighted by atomic mass is 10.1. The molecule has 1 aliphatic rings. The number of ether oxygens (including phenoxy) is 1. The fourth-order valence-corrected chi connectivity index (χ4v) is 5.45. The highest BCUT2D eigenvalue weighted by atomic mass is 35.5. The SMILES string of the molecule is CCNC(=O)c1cc2c(-c3cc(OCCC4CCCN4C)c(Cl)cc3Cl)nc(N)nc2s1. The van der Waals surface area contributed by atoms with Gasteiger partial charge in [-0.3, -0.25) is 4.79 Å². The summed E-state index contributed by atoms with van der Waals surface area (Å²) in [6, 6.07) is 5.73. The van der Waals surface area contributed by atoms with Gasteiger partial charge in [0.15, 0.2) is 0 Å². The molecule has 3 aromatic rings. The lowest BCUT2D eigenvalue weighted by Gasteiger charge is -2.19. The van der Waals surface area contributed by atoms with Gasteiger partial charge in [-0.2, -0.15) is 0 Å². The van der Waals surface area contributed by atoms with E-state index in [1.54, 1.807) is 18.2 Å². The monoisotopic (exact) mass is 493 g/mol. The lowest BCUT2D eigenvalue weighted by Crippen LogP contribution is -2.26. The van der Waals surface area contributed by atoms with Crippen LogP contribution in [0.3, 0.4) is 0 Å². The van der Waals surface area contributed by atoms with Gasteiger partial charge < -0.3 is 20.7 Å². The summed E-state index contributed by atoms with van der Waals surface area (Å²) in [5.41, 5.74) is 7.14. The quantitative estimate of drug-likeness (QED) is 0.487. The highest BCUT2D eigenvalue weighted by Gasteiger charge is 2.22. The third-order valence-electron chi connectivity index (χ3n) is 5.63. The maximum atomic E-state index is 12.3. The van der Waals surface area contributed by atoms with Crippen LogP contribution in [-0.2, 0) is 0 Å². The van der Waals surface area contributed by atoms with Crippen molar-refractivity contribution in [3.63, 3.8) is 0 Å². The number of nitrogens with one attached hydrogen (secondary N) is 1. The molecule has 1 aliphatic heterocycles. The van der Waals surface area contributed by atoms with Crippen LogP contribution in [0.1, 0.15) is 35.9 Å². The van der Waals surface area contributed by atoms with E-state index in [1.807, 2.05) is 6.92 Å². The molecule has 32 heavy (non-hydrogen) atoms. The van der Waals surface area contributed by atoms with Crippen molar-refractivity contribution in [2.45, 2.75) is 32.2 Å². The average molecular weight is 494 g/mol.